The van der Waals surface area contributed by atoms with Crippen LogP contribution in [-0.4, -0.2) is 30.9 Å². The van der Waals surface area contributed by atoms with Gasteiger partial charge in [-0.05, 0) is 60.5 Å². The molecule has 0 aliphatic rings. The molecule has 3 aromatic rings. The Kier molecular flexibility index (Phi) is 7.34. The summed E-state index contributed by atoms with van der Waals surface area (Å²) in [6.07, 6.45) is 6.90. The first-order valence-corrected chi connectivity index (χ1v) is 11.1. The Bertz CT molecular complexity index is 1130. The van der Waals surface area contributed by atoms with Gasteiger partial charge in [-0.1, -0.05) is 19.1 Å². The molecular weight excluding hydrogens is 416 g/mol. The van der Waals surface area contributed by atoms with Gasteiger partial charge in [0.05, 0.1) is 11.5 Å². The Hall–Kier alpha value is -3.72. The van der Waals surface area contributed by atoms with Crippen molar-refractivity contribution < 1.29 is 17.9 Å². The van der Waals surface area contributed by atoms with E-state index in [4.69, 9.17) is 4.74 Å². The van der Waals surface area contributed by atoms with E-state index < -0.39 is 10.0 Å². The Morgan fingerprint density at radius 1 is 1.03 bits per heavy atom. The maximum Gasteiger partial charge on any atom is 0.264 e. The van der Waals surface area contributed by atoms with Crippen molar-refractivity contribution in [2.75, 3.05) is 16.6 Å². The molecule has 0 bridgehead atoms. The van der Waals surface area contributed by atoms with Crippen molar-refractivity contribution in [3.05, 3.63) is 78.6 Å². The van der Waals surface area contributed by atoms with Crippen molar-refractivity contribution in [3.8, 4) is 5.75 Å². The summed E-state index contributed by atoms with van der Waals surface area (Å²) in [5.74, 6) is 0.430. The van der Waals surface area contributed by atoms with Crippen molar-refractivity contribution in [2.24, 2.45) is 0 Å². The van der Waals surface area contributed by atoms with E-state index in [1.54, 1.807) is 12.1 Å². The fraction of sp³-hybridized carbons (Fsp3) is 0.136. The summed E-state index contributed by atoms with van der Waals surface area (Å²) in [4.78, 5) is 19.8. The third-order valence-corrected chi connectivity index (χ3v) is 5.35. The fourth-order valence-corrected chi connectivity index (χ4v) is 3.46. The van der Waals surface area contributed by atoms with Crippen molar-refractivity contribution in [1.29, 1.82) is 0 Å². The normalized spacial score (nSPS) is 11.3. The number of benzene rings is 2. The van der Waals surface area contributed by atoms with Crippen molar-refractivity contribution in [1.82, 2.24) is 9.97 Å². The molecule has 1 amide bonds. The van der Waals surface area contributed by atoms with Crippen LogP contribution in [0.1, 0.15) is 18.9 Å². The molecule has 0 radical (unpaired) electrons. The number of nitrogens with one attached hydrogen (secondary N) is 2. The van der Waals surface area contributed by atoms with Crippen molar-refractivity contribution in [3.63, 3.8) is 0 Å². The van der Waals surface area contributed by atoms with Gasteiger partial charge in [-0.25, -0.2) is 23.1 Å². The molecule has 160 valence electrons. The molecule has 31 heavy (non-hydrogen) atoms. The summed E-state index contributed by atoms with van der Waals surface area (Å²) in [5.41, 5.74) is 1.32. The van der Waals surface area contributed by atoms with Crippen LogP contribution in [0.4, 0.5) is 11.6 Å². The Morgan fingerprint density at radius 2 is 1.71 bits per heavy atom. The SMILES string of the molecule is CCCOc1ccc(/C=C/C(=O)Nc2ccc(S(=O)(=O)Nc3ncccn3)cc2)cc1. The predicted octanol–water partition coefficient (Wildman–Crippen LogP) is 3.72. The lowest BCUT2D eigenvalue weighted by Crippen LogP contribution is -2.15. The van der Waals surface area contributed by atoms with Gasteiger partial charge < -0.3 is 10.1 Å². The van der Waals surface area contributed by atoms with Gasteiger partial charge in [0.2, 0.25) is 11.9 Å². The predicted molar refractivity (Wildman–Crippen MR) is 119 cm³/mol. The zero-order valence-electron chi connectivity index (χ0n) is 16.9. The minimum atomic E-state index is -3.83. The first-order valence-electron chi connectivity index (χ1n) is 9.58. The van der Waals surface area contributed by atoms with Crippen LogP contribution in [0.3, 0.4) is 0 Å². The van der Waals surface area contributed by atoms with Crippen LogP contribution in [0, 0.1) is 0 Å². The topological polar surface area (TPSA) is 110 Å². The molecule has 2 aromatic carbocycles. The number of ether oxygens (including phenoxy) is 1. The number of anilines is 2. The molecule has 0 spiro atoms. The average molecular weight is 439 g/mol. The number of sulfonamides is 1. The number of rotatable bonds is 9. The second-order valence-electron chi connectivity index (χ2n) is 6.44. The monoisotopic (exact) mass is 438 g/mol. The van der Waals surface area contributed by atoms with Gasteiger partial charge in [0.1, 0.15) is 5.75 Å². The number of aromatic nitrogens is 2. The number of carbonyl (C=O) groups excluding carboxylic acids is 1. The Balaban J connectivity index is 1.57. The van der Waals surface area contributed by atoms with Crippen LogP contribution in [0.25, 0.3) is 6.08 Å². The van der Waals surface area contributed by atoms with Crippen molar-refractivity contribution in [2.45, 2.75) is 18.2 Å². The highest BCUT2D eigenvalue weighted by Gasteiger charge is 2.15. The molecule has 0 aliphatic carbocycles. The third kappa shape index (κ3) is 6.65. The number of hydrogen-bond donors (Lipinski definition) is 2. The zero-order chi connectivity index (χ0) is 22.1. The second-order valence-corrected chi connectivity index (χ2v) is 8.12. The van der Waals surface area contributed by atoms with Gasteiger partial charge in [0.15, 0.2) is 0 Å². The van der Waals surface area contributed by atoms with E-state index >= 15 is 0 Å². The van der Waals surface area contributed by atoms with Gasteiger partial charge in [-0.3, -0.25) is 4.79 Å². The van der Waals surface area contributed by atoms with Gasteiger partial charge in [0, 0.05) is 24.2 Å². The quantitative estimate of drug-likeness (QED) is 0.493. The molecule has 1 heterocycles. The van der Waals surface area contributed by atoms with E-state index in [-0.39, 0.29) is 16.8 Å². The standard InChI is InChI=1S/C22H22N4O4S/c1-2-16-30-19-9-4-17(5-10-19)6-13-21(27)25-18-7-11-20(12-8-18)31(28,29)26-22-23-14-3-15-24-22/h3-15H,2,16H2,1H3,(H,25,27)(H,23,24,26)/b13-6+. The first-order chi connectivity index (χ1) is 15.0. The van der Waals surface area contributed by atoms with Crippen LogP contribution in [-0.2, 0) is 14.8 Å². The number of nitrogens with zero attached hydrogens (tertiary/aromatic N) is 2. The molecule has 8 nitrogen and oxygen atoms in total. The van der Waals surface area contributed by atoms with Crippen LogP contribution in [0.15, 0.2) is 78.0 Å². The maximum absolute atomic E-state index is 12.4. The van der Waals surface area contributed by atoms with Gasteiger partial charge in [-0.2, -0.15) is 0 Å². The lowest BCUT2D eigenvalue weighted by molar-refractivity contribution is -0.111. The summed E-state index contributed by atoms with van der Waals surface area (Å²) >= 11 is 0. The minimum absolute atomic E-state index is 0.0185. The Morgan fingerprint density at radius 3 is 2.35 bits per heavy atom. The van der Waals surface area contributed by atoms with E-state index in [2.05, 4.69) is 20.0 Å². The molecular formula is C22H22N4O4S. The van der Waals surface area contributed by atoms with Crippen LogP contribution in [0.5, 0.6) is 5.75 Å². The number of hydrogen-bond acceptors (Lipinski definition) is 6. The van der Waals surface area contributed by atoms with Crippen LogP contribution in [0.2, 0.25) is 0 Å². The fourth-order valence-electron chi connectivity index (χ4n) is 2.50. The molecule has 9 heteroatoms. The van der Waals surface area contributed by atoms with Crippen LogP contribution >= 0.6 is 0 Å². The lowest BCUT2D eigenvalue weighted by atomic mass is 10.2. The van der Waals surface area contributed by atoms with E-state index in [9.17, 15) is 13.2 Å². The van der Waals surface area contributed by atoms with Crippen LogP contribution < -0.4 is 14.8 Å². The number of amides is 1. The van der Waals surface area contributed by atoms with E-state index in [1.165, 1.54) is 42.7 Å². The Labute approximate surface area is 181 Å². The molecule has 0 atom stereocenters. The lowest BCUT2D eigenvalue weighted by Gasteiger charge is -2.07. The van der Waals surface area contributed by atoms with Gasteiger partial charge in [-0.15, -0.1) is 0 Å². The highest BCUT2D eigenvalue weighted by molar-refractivity contribution is 7.92. The summed E-state index contributed by atoms with van der Waals surface area (Å²) in [6, 6.07) is 14.8. The molecule has 0 saturated heterocycles. The zero-order valence-corrected chi connectivity index (χ0v) is 17.7. The molecule has 1 aromatic heterocycles. The summed E-state index contributed by atoms with van der Waals surface area (Å²) in [5, 5.41) is 2.69. The summed E-state index contributed by atoms with van der Waals surface area (Å²) in [6.45, 7) is 2.70. The molecule has 2 N–H and O–H groups in total. The summed E-state index contributed by atoms with van der Waals surface area (Å²) in [7, 11) is -3.83. The van der Waals surface area contributed by atoms with Gasteiger partial charge >= 0.3 is 0 Å². The number of carbonyl (C=O) groups is 1. The molecule has 0 fully saturated rings. The highest BCUT2D eigenvalue weighted by atomic mass is 32.2. The summed E-state index contributed by atoms with van der Waals surface area (Å²) < 4.78 is 32.6. The molecule has 0 saturated carbocycles. The smallest absolute Gasteiger partial charge is 0.264 e. The average Bonchev–Trinajstić information content (AvgIpc) is 2.78. The van der Waals surface area contributed by atoms with E-state index in [0.29, 0.717) is 12.3 Å². The second kappa shape index (κ2) is 10.4. The largest absolute Gasteiger partial charge is 0.494 e. The van der Waals surface area contributed by atoms with E-state index in [0.717, 1.165) is 17.7 Å². The molecule has 0 unspecified atom stereocenters. The highest BCUT2D eigenvalue weighted by Crippen LogP contribution is 2.17. The minimum Gasteiger partial charge on any atom is -0.494 e. The maximum atomic E-state index is 12.4. The molecule has 0 aliphatic heterocycles. The van der Waals surface area contributed by atoms with E-state index in [1.807, 2.05) is 31.2 Å². The first kappa shape index (κ1) is 22.0. The van der Waals surface area contributed by atoms with Crippen molar-refractivity contribution >= 4 is 33.6 Å². The third-order valence-electron chi connectivity index (χ3n) is 4.00. The molecule has 3 rings (SSSR count). The van der Waals surface area contributed by atoms with Gasteiger partial charge in [0.25, 0.3) is 10.0 Å².